The molecule has 0 fully saturated rings. The van der Waals surface area contributed by atoms with Crippen molar-refractivity contribution >= 4 is 16.2 Å². The number of carbonyl (C=O) groups excluding carboxylic acids is 1. The Labute approximate surface area is 118 Å². The number of carbonyl (C=O) groups is 1. The first kappa shape index (κ1) is 16.6. The van der Waals surface area contributed by atoms with Crippen LogP contribution >= 0.6 is 0 Å². The Morgan fingerprint density at radius 1 is 1.50 bits per heavy atom. The van der Waals surface area contributed by atoms with Gasteiger partial charge in [-0.2, -0.15) is 13.1 Å². The normalized spacial score (nSPS) is 13.4. The molecular formula is C11H20N4O4S. The maximum atomic E-state index is 11.8. The minimum absolute atomic E-state index is 0.134. The van der Waals surface area contributed by atoms with Gasteiger partial charge in [0.1, 0.15) is 6.04 Å². The SMILES string of the molecule is COC(=O)[C@H](Cc1cnc[nH]1)NS(=O)(=O)NCC(C)C. The number of hydrogen-bond donors (Lipinski definition) is 3. The number of ether oxygens (including phenoxy) is 1. The number of aromatic amines is 1. The molecule has 0 aromatic carbocycles. The summed E-state index contributed by atoms with van der Waals surface area (Å²) in [4.78, 5) is 18.3. The molecule has 1 aromatic heterocycles. The van der Waals surface area contributed by atoms with Crippen molar-refractivity contribution in [1.82, 2.24) is 19.4 Å². The van der Waals surface area contributed by atoms with Gasteiger partial charge in [-0.3, -0.25) is 4.79 Å². The zero-order valence-electron chi connectivity index (χ0n) is 11.7. The van der Waals surface area contributed by atoms with Crippen molar-refractivity contribution in [2.75, 3.05) is 13.7 Å². The predicted molar refractivity (Wildman–Crippen MR) is 73.0 cm³/mol. The van der Waals surface area contributed by atoms with Gasteiger partial charge in [-0.15, -0.1) is 0 Å². The second-order valence-electron chi connectivity index (χ2n) is 4.72. The van der Waals surface area contributed by atoms with Crippen molar-refractivity contribution in [3.05, 3.63) is 18.2 Å². The van der Waals surface area contributed by atoms with E-state index in [1.807, 2.05) is 13.8 Å². The lowest BCUT2D eigenvalue weighted by atomic mass is 10.2. The van der Waals surface area contributed by atoms with E-state index in [9.17, 15) is 13.2 Å². The molecule has 1 rings (SSSR count). The van der Waals surface area contributed by atoms with Crippen molar-refractivity contribution in [2.24, 2.45) is 5.92 Å². The lowest BCUT2D eigenvalue weighted by Gasteiger charge is -2.17. The van der Waals surface area contributed by atoms with Crippen LogP contribution < -0.4 is 9.44 Å². The molecule has 1 heterocycles. The number of rotatable bonds is 8. The van der Waals surface area contributed by atoms with E-state index >= 15 is 0 Å². The van der Waals surface area contributed by atoms with Gasteiger partial charge in [0.05, 0.1) is 13.4 Å². The van der Waals surface area contributed by atoms with Gasteiger partial charge in [0.25, 0.3) is 10.2 Å². The summed E-state index contributed by atoms with van der Waals surface area (Å²) in [7, 11) is -2.56. The molecule has 0 radical (unpaired) electrons. The Kier molecular flexibility index (Phi) is 6.11. The smallest absolute Gasteiger partial charge is 0.324 e. The van der Waals surface area contributed by atoms with Crippen LogP contribution in [-0.4, -0.2) is 44.1 Å². The molecule has 0 aliphatic heterocycles. The Bertz CT molecular complexity index is 513. The zero-order valence-corrected chi connectivity index (χ0v) is 12.5. The molecule has 20 heavy (non-hydrogen) atoms. The topological polar surface area (TPSA) is 113 Å². The fourth-order valence-corrected chi connectivity index (χ4v) is 2.63. The standard InChI is InChI=1S/C11H20N4O4S/c1-8(2)5-14-20(17,18)15-10(11(16)19-3)4-9-6-12-7-13-9/h6-8,10,14-15H,4-5H2,1-3H3,(H,12,13)/t10-/m0/s1. The maximum absolute atomic E-state index is 11.8. The molecule has 0 saturated carbocycles. The molecule has 0 saturated heterocycles. The highest BCUT2D eigenvalue weighted by Gasteiger charge is 2.25. The summed E-state index contributed by atoms with van der Waals surface area (Å²) in [6, 6.07) is -1.01. The van der Waals surface area contributed by atoms with Gasteiger partial charge in [0, 0.05) is 24.9 Å². The van der Waals surface area contributed by atoms with Gasteiger partial charge in [-0.05, 0) is 5.92 Å². The second kappa shape index (κ2) is 7.36. The summed E-state index contributed by atoms with van der Waals surface area (Å²) in [6.45, 7) is 4.04. The predicted octanol–water partition coefficient (Wildman–Crippen LogP) is -0.426. The molecule has 0 amide bonds. The average molecular weight is 304 g/mol. The van der Waals surface area contributed by atoms with E-state index in [1.54, 1.807) is 0 Å². The number of aromatic nitrogens is 2. The maximum Gasteiger partial charge on any atom is 0.324 e. The third-order valence-corrected chi connectivity index (χ3v) is 3.59. The number of H-pyrrole nitrogens is 1. The summed E-state index contributed by atoms with van der Waals surface area (Å²) in [5.41, 5.74) is 0.631. The Hall–Kier alpha value is -1.45. The van der Waals surface area contributed by atoms with E-state index in [4.69, 9.17) is 0 Å². The van der Waals surface area contributed by atoms with Crippen molar-refractivity contribution in [2.45, 2.75) is 26.3 Å². The fraction of sp³-hybridized carbons (Fsp3) is 0.636. The average Bonchev–Trinajstić information content (AvgIpc) is 2.87. The first-order chi connectivity index (χ1) is 9.34. The first-order valence-electron chi connectivity index (χ1n) is 6.16. The molecule has 0 spiro atoms. The molecule has 3 N–H and O–H groups in total. The highest BCUT2D eigenvalue weighted by molar-refractivity contribution is 7.87. The van der Waals surface area contributed by atoms with Gasteiger partial charge in [-0.1, -0.05) is 13.8 Å². The van der Waals surface area contributed by atoms with Crippen LogP contribution in [0.4, 0.5) is 0 Å². The van der Waals surface area contributed by atoms with E-state index < -0.39 is 22.2 Å². The summed E-state index contributed by atoms with van der Waals surface area (Å²) in [5.74, 6) is -0.495. The third kappa shape index (κ3) is 5.68. The molecule has 1 aromatic rings. The molecule has 0 bridgehead atoms. The molecule has 114 valence electrons. The lowest BCUT2D eigenvalue weighted by molar-refractivity contribution is -0.142. The van der Waals surface area contributed by atoms with Crippen molar-refractivity contribution in [3.8, 4) is 0 Å². The number of esters is 1. The van der Waals surface area contributed by atoms with Gasteiger partial charge in [0.2, 0.25) is 0 Å². The van der Waals surface area contributed by atoms with Gasteiger partial charge in [0.15, 0.2) is 0 Å². The molecule has 8 nitrogen and oxygen atoms in total. The Morgan fingerprint density at radius 3 is 2.70 bits per heavy atom. The monoisotopic (exact) mass is 304 g/mol. The summed E-state index contributed by atoms with van der Waals surface area (Å²) in [5, 5.41) is 0. The molecule has 0 aliphatic carbocycles. The minimum Gasteiger partial charge on any atom is -0.468 e. The molecular weight excluding hydrogens is 284 g/mol. The van der Waals surface area contributed by atoms with E-state index in [1.165, 1.54) is 19.6 Å². The van der Waals surface area contributed by atoms with Crippen LogP contribution in [0.2, 0.25) is 0 Å². The highest BCUT2D eigenvalue weighted by atomic mass is 32.2. The molecule has 0 aliphatic rings. The molecule has 1 atom stereocenters. The summed E-state index contributed by atoms with van der Waals surface area (Å²) >= 11 is 0. The lowest BCUT2D eigenvalue weighted by Crippen LogP contribution is -2.48. The number of hydrogen-bond acceptors (Lipinski definition) is 5. The van der Waals surface area contributed by atoms with Gasteiger partial charge in [-0.25, -0.2) is 9.71 Å². The minimum atomic E-state index is -3.77. The first-order valence-corrected chi connectivity index (χ1v) is 7.64. The third-order valence-electron chi connectivity index (χ3n) is 2.44. The largest absolute Gasteiger partial charge is 0.468 e. The number of nitrogens with zero attached hydrogens (tertiary/aromatic N) is 1. The van der Waals surface area contributed by atoms with Crippen molar-refractivity contribution < 1.29 is 17.9 Å². The van der Waals surface area contributed by atoms with Crippen LogP contribution in [0.5, 0.6) is 0 Å². The van der Waals surface area contributed by atoms with Crippen LogP contribution in [0.3, 0.4) is 0 Å². The number of methoxy groups -OCH3 is 1. The molecule has 9 heteroatoms. The summed E-state index contributed by atoms with van der Waals surface area (Å²) < 4.78 is 32.9. The van der Waals surface area contributed by atoms with Crippen LogP contribution in [0.1, 0.15) is 19.5 Å². The Morgan fingerprint density at radius 2 is 2.20 bits per heavy atom. The highest BCUT2D eigenvalue weighted by Crippen LogP contribution is 2.02. The van der Waals surface area contributed by atoms with Crippen molar-refractivity contribution in [3.63, 3.8) is 0 Å². The van der Waals surface area contributed by atoms with Gasteiger partial charge < -0.3 is 9.72 Å². The van der Waals surface area contributed by atoms with E-state index in [2.05, 4.69) is 24.1 Å². The Balaban J connectivity index is 2.71. The fourth-order valence-electron chi connectivity index (χ4n) is 1.44. The van der Waals surface area contributed by atoms with Crippen LogP contribution in [0.25, 0.3) is 0 Å². The number of nitrogens with one attached hydrogen (secondary N) is 3. The molecule has 0 unspecified atom stereocenters. The van der Waals surface area contributed by atoms with Gasteiger partial charge >= 0.3 is 5.97 Å². The second-order valence-corrected chi connectivity index (χ2v) is 6.25. The quantitative estimate of drug-likeness (QED) is 0.564. The van der Waals surface area contributed by atoms with Crippen molar-refractivity contribution in [1.29, 1.82) is 0 Å². The van der Waals surface area contributed by atoms with Crippen LogP contribution in [0.15, 0.2) is 12.5 Å². The number of imidazole rings is 1. The van der Waals surface area contributed by atoms with Crippen LogP contribution in [0, 0.1) is 5.92 Å². The van der Waals surface area contributed by atoms with E-state index in [0.717, 1.165) is 0 Å². The zero-order chi connectivity index (χ0) is 15.2. The van der Waals surface area contributed by atoms with Crippen LogP contribution in [-0.2, 0) is 26.2 Å². The van der Waals surface area contributed by atoms with E-state index in [-0.39, 0.29) is 18.9 Å². The van der Waals surface area contributed by atoms with E-state index in [0.29, 0.717) is 5.69 Å². The summed E-state index contributed by atoms with van der Waals surface area (Å²) in [6.07, 6.45) is 3.11.